The predicted octanol–water partition coefficient (Wildman–Crippen LogP) is 1.49. The monoisotopic (exact) mass is 234 g/mol. The lowest BCUT2D eigenvalue weighted by molar-refractivity contribution is -0.116. The van der Waals surface area contributed by atoms with Crippen molar-refractivity contribution in [3.8, 4) is 0 Å². The number of rotatable bonds is 1. The van der Waals surface area contributed by atoms with Gasteiger partial charge in [0.25, 0.3) is 0 Å². The first kappa shape index (κ1) is 10.2. The van der Waals surface area contributed by atoms with E-state index in [4.69, 9.17) is 0 Å². The lowest BCUT2D eigenvalue weighted by Crippen LogP contribution is -2.44. The van der Waals surface area contributed by atoms with E-state index in [0.717, 1.165) is 25.2 Å². The standard InChI is InChI=1S/C12H14N2OS/c15-12-8-16-11-4-2-1-3-10(11)14(12)9-5-6-13-7-9/h1-4,9,13H,5-8H2. The number of carbonyl (C=O) groups is 1. The Balaban J connectivity index is 1.99. The third-order valence-electron chi connectivity index (χ3n) is 3.14. The number of thioether (sulfide) groups is 1. The molecule has 1 fully saturated rings. The molecule has 1 amide bonds. The van der Waals surface area contributed by atoms with E-state index in [9.17, 15) is 4.79 Å². The van der Waals surface area contributed by atoms with E-state index in [0.29, 0.717) is 11.8 Å². The summed E-state index contributed by atoms with van der Waals surface area (Å²) in [5, 5.41) is 3.32. The maximum absolute atomic E-state index is 12.0. The number of hydrogen-bond donors (Lipinski definition) is 1. The summed E-state index contributed by atoms with van der Waals surface area (Å²) in [5.41, 5.74) is 1.09. The van der Waals surface area contributed by atoms with Crippen molar-refractivity contribution in [3.05, 3.63) is 24.3 Å². The summed E-state index contributed by atoms with van der Waals surface area (Å²) >= 11 is 1.65. The molecular formula is C12H14N2OS. The third-order valence-corrected chi connectivity index (χ3v) is 4.19. The van der Waals surface area contributed by atoms with Crippen LogP contribution in [0.1, 0.15) is 6.42 Å². The van der Waals surface area contributed by atoms with Gasteiger partial charge in [-0.2, -0.15) is 0 Å². The number of amides is 1. The molecule has 2 aliphatic heterocycles. The van der Waals surface area contributed by atoms with Crippen molar-refractivity contribution in [2.45, 2.75) is 17.4 Å². The minimum absolute atomic E-state index is 0.248. The molecule has 2 aliphatic rings. The second-order valence-electron chi connectivity index (χ2n) is 4.17. The van der Waals surface area contributed by atoms with Gasteiger partial charge in [-0.3, -0.25) is 4.79 Å². The van der Waals surface area contributed by atoms with Crippen LogP contribution in [0.15, 0.2) is 29.2 Å². The first-order valence-electron chi connectivity index (χ1n) is 5.61. The lowest BCUT2D eigenvalue weighted by Gasteiger charge is -2.33. The van der Waals surface area contributed by atoms with Crippen LogP contribution in [-0.4, -0.2) is 30.8 Å². The quantitative estimate of drug-likeness (QED) is 0.799. The summed E-state index contributed by atoms with van der Waals surface area (Å²) in [7, 11) is 0. The van der Waals surface area contributed by atoms with Crippen LogP contribution in [0.25, 0.3) is 0 Å². The molecule has 2 heterocycles. The molecule has 0 aliphatic carbocycles. The number of anilines is 1. The van der Waals surface area contributed by atoms with Crippen molar-refractivity contribution >= 4 is 23.4 Å². The number of carbonyl (C=O) groups excluding carboxylic acids is 1. The van der Waals surface area contributed by atoms with Crippen molar-refractivity contribution in [1.29, 1.82) is 0 Å². The molecule has 1 atom stereocenters. The molecule has 3 rings (SSSR count). The summed E-state index contributed by atoms with van der Waals surface area (Å²) in [6.45, 7) is 1.94. The zero-order valence-corrected chi connectivity index (χ0v) is 9.80. The average Bonchev–Trinajstić information content (AvgIpc) is 2.82. The smallest absolute Gasteiger partial charge is 0.237 e. The maximum atomic E-state index is 12.0. The average molecular weight is 234 g/mol. The highest BCUT2D eigenvalue weighted by molar-refractivity contribution is 8.00. The molecule has 0 saturated carbocycles. The van der Waals surface area contributed by atoms with Crippen LogP contribution in [0, 0.1) is 0 Å². The fourth-order valence-electron chi connectivity index (χ4n) is 2.38. The van der Waals surface area contributed by atoms with Crippen LogP contribution in [-0.2, 0) is 4.79 Å². The molecule has 1 aromatic rings. The van der Waals surface area contributed by atoms with E-state index < -0.39 is 0 Å². The van der Waals surface area contributed by atoms with Crippen LogP contribution in [0.2, 0.25) is 0 Å². The number of benzene rings is 1. The first-order chi connectivity index (χ1) is 7.86. The molecule has 1 N–H and O–H groups in total. The van der Waals surface area contributed by atoms with Gasteiger partial charge in [0, 0.05) is 11.4 Å². The highest BCUT2D eigenvalue weighted by atomic mass is 32.2. The summed E-state index contributed by atoms with van der Waals surface area (Å²) in [5.74, 6) is 0.824. The van der Waals surface area contributed by atoms with E-state index in [-0.39, 0.29) is 5.91 Å². The molecule has 84 valence electrons. The van der Waals surface area contributed by atoms with Crippen molar-refractivity contribution in [1.82, 2.24) is 5.32 Å². The fourth-order valence-corrected chi connectivity index (χ4v) is 3.29. The van der Waals surface area contributed by atoms with Gasteiger partial charge in [-0.25, -0.2) is 0 Å². The van der Waals surface area contributed by atoms with Gasteiger partial charge in [0.15, 0.2) is 0 Å². The van der Waals surface area contributed by atoms with E-state index >= 15 is 0 Å². The van der Waals surface area contributed by atoms with Gasteiger partial charge in [0.1, 0.15) is 0 Å². The number of nitrogens with one attached hydrogen (secondary N) is 1. The Kier molecular flexibility index (Phi) is 2.61. The Morgan fingerprint density at radius 2 is 2.25 bits per heavy atom. The Hall–Kier alpha value is -1.00. The van der Waals surface area contributed by atoms with Crippen LogP contribution in [0.3, 0.4) is 0 Å². The minimum Gasteiger partial charge on any atom is -0.315 e. The summed E-state index contributed by atoms with van der Waals surface area (Å²) < 4.78 is 0. The van der Waals surface area contributed by atoms with Crippen LogP contribution in [0.4, 0.5) is 5.69 Å². The predicted molar refractivity (Wildman–Crippen MR) is 65.9 cm³/mol. The number of fused-ring (bicyclic) bond motifs is 1. The van der Waals surface area contributed by atoms with Gasteiger partial charge in [-0.05, 0) is 25.1 Å². The molecule has 0 spiro atoms. The van der Waals surface area contributed by atoms with E-state index in [2.05, 4.69) is 17.4 Å². The fraction of sp³-hybridized carbons (Fsp3) is 0.417. The summed E-state index contributed by atoms with van der Waals surface area (Å²) in [6.07, 6.45) is 1.06. The Labute approximate surface area is 99.2 Å². The SMILES string of the molecule is O=C1CSc2ccccc2N1C1CCNC1. The highest BCUT2D eigenvalue weighted by Gasteiger charge is 2.32. The molecule has 1 saturated heterocycles. The molecule has 4 heteroatoms. The van der Waals surface area contributed by atoms with Crippen LogP contribution >= 0.6 is 11.8 Å². The molecule has 0 radical (unpaired) electrons. The molecule has 16 heavy (non-hydrogen) atoms. The summed E-state index contributed by atoms with van der Waals surface area (Å²) in [4.78, 5) is 15.2. The molecule has 0 aromatic heterocycles. The van der Waals surface area contributed by atoms with Crippen molar-refractivity contribution in [3.63, 3.8) is 0 Å². The van der Waals surface area contributed by atoms with E-state index in [1.807, 2.05) is 17.0 Å². The molecule has 0 bridgehead atoms. The van der Waals surface area contributed by atoms with Gasteiger partial charge in [0.05, 0.1) is 17.5 Å². The zero-order chi connectivity index (χ0) is 11.0. The van der Waals surface area contributed by atoms with Crippen molar-refractivity contribution < 1.29 is 4.79 Å². The zero-order valence-electron chi connectivity index (χ0n) is 8.98. The van der Waals surface area contributed by atoms with Crippen molar-refractivity contribution in [2.24, 2.45) is 0 Å². The van der Waals surface area contributed by atoms with Gasteiger partial charge in [-0.1, -0.05) is 12.1 Å². The van der Waals surface area contributed by atoms with Crippen molar-refractivity contribution in [2.75, 3.05) is 23.7 Å². The molecular weight excluding hydrogens is 220 g/mol. The minimum atomic E-state index is 0.248. The third kappa shape index (κ3) is 1.62. The highest BCUT2D eigenvalue weighted by Crippen LogP contribution is 2.36. The van der Waals surface area contributed by atoms with Crippen LogP contribution < -0.4 is 10.2 Å². The Morgan fingerprint density at radius 1 is 1.38 bits per heavy atom. The lowest BCUT2D eigenvalue weighted by atomic mass is 10.1. The number of hydrogen-bond acceptors (Lipinski definition) is 3. The normalized spacial score (nSPS) is 24.6. The maximum Gasteiger partial charge on any atom is 0.237 e. The number of nitrogens with zero attached hydrogens (tertiary/aromatic N) is 1. The second kappa shape index (κ2) is 4.11. The second-order valence-corrected chi connectivity index (χ2v) is 5.18. The topological polar surface area (TPSA) is 32.3 Å². The molecule has 1 aromatic carbocycles. The Bertz CT molecular complexity index is 415. The largest absolute Gasteiger partial charge is 0.315 e. The van der Waals surface area contributed by atoms with Gasteiger partial charge < -0.3 is 10.2 Å². The van der Waals surface area contributed by atoms with E-state index in [1.165, 1.54) is 4.90 Å². The van der Waals surface area contributed by atoms with Gasteiger partial charge in [0.2, 0.25) is 5.91 Å². The van der Waals surface area contributed by atoms with Gasteiger partial charge in [-0.15, -0.1) is 11.8 Å². The number of para-hydroxylation sites is 1. The molecule has 3 nitrogen and oxygen atoms in total. The van der Waals surface area contributed by atoms with Gasteiger partial charge >= 0.3 is 0 Å². The van der Waals surface area contributed by atoms with Crippen LogP contribution in [0.5, 0.6) is 0 Å². The first-order valence-corrected chi connectivity index (χ1v) is 6.59. The van der Waals surface area contributed by atoms with E-state index in [1.54, 1.807) is 11.8 Å². The summed E-state index contributed by atoms with van der Waals surface area (Å²) in [6, 6.07) is 8.54. The Morgan fingerprint density at radius 3 is 3.06 bits per heavy atom. The molecule has 1 unspecified atom stereocenters.